The Balaban J connectivity index is 1.59. The van der Waals surface area contributed by atoms with Crippen LogP contribution in [0.25, 0.3) is 44.1 Å². The van der Waals surface area contributed by atoms with Crippen molar-refractivity contribution in [1.82, 2.24) is 4.98 Å². The van der Waals surface area contributed by atoms with E-state index in [1.54, 1.807) is 0 Å². The summed E-state index contributed by atoms with van der Waals surface area (Å²) >= 11 is 0. The first-order valence-electron chi connectivity index (χ1n) is 9.03. The Morgan fingerprint density at radius 1 is 0.556 bits per heavy atom. The van der Waals surface area contributed by atoms with Crippen molar-refractivity contribution in [2.45, 2.75) is 0 Å². The smallest absolute Gasteiger partial charge is 0.0709 e. The highest BCUT2D eigenvalue weighted by molar-refractivity contribution is 5.90. The van der Waals surface area contributed by atoms with Gasteiger partial charge in [-0.3, -0.25) is 0 Å². The molecule has 5 rings (SSSR count). The SMILES string of the molecule is Nc1ccccc1-c1ccc2nc(-c3ccc4ccccc4c3)ccc2c1. The molecule has 1 aromatic heterocycles. The lowest BCUT2D eigenvalue weighted by Crippen LogP contribution is -1.90. The highest BCUT2D eigenvalue weighted by Gasteiger charge is 2.06. The van der Waals surface area contributed by atoms with E-state index in [2.05, 4.69) is 72.8 Å². The zero-order valence-electron chi connectivity index (χ0n) is 14.8. The predicted octanol–water partition coefficient (Wildman–Crippen LogP) is 6.30. The molecule has 27 heavy (non-hydrogen) atoms. The number of nitrogen functional groups attached to an aromatic ring is 1. The number of nitrogens with two attached hydrogens (primary N) is 1. The standard InChI is InChI=1S/C25H18N2/c26-23-8-4-3-7-22(23)19-11-13-24-21(16-19)12-14-25(27-24)20-10-9-17-5-1-2-6-18(17)15-20/h1-16H,26H2. The molecule has 0 radical (unpaired) electrons. The number of benzene rings is 4. The number of anilines is 1. The Morgan fingerprint density at radius 2 is 1.26 bits per heavy atom. The Kier molecular flexibility index (Phi) is 3.61. The number of nitrogens with zero attached hydrogens (tertiary/aromatic N) is 1. The van der Waals surface area contributed by atoms with Crippen molar-refractivity contribution in [3.05, 3.63) is 97.1 Å². The maximum atomic E-state index is 6.13. The molecule has 0 saturated carbocycles. The molecule has 0 atom stereocenters. The molecular formula is C25H18N2. The minimum atomic E-state index is 0.789. The van der Waals surface area contributed by atoms with Crippen molar-refractivity contribution in [3.63, 3.8) is 0 Å². The fourth-order valence-corrected chi connectivity index (χ4v) is 3.56. The number of pyridine rings is 1. The van der Waals surface area contributed by atoms with E-state index < -0.39 is 0 Å². The molecule has 2 heteroatoms. The average molecular weight is 346 g/mol. The zero-order chi connectivity index (χ0) is 18.2. The monoisotopic (exact) mass is 346 g/mol. The molecule has 0 fully saturated rings. The Bertz CT molecular complexity index is 1290. The van der Waals surface area contributed by atoms with E-state index in [9.17, 15) is 0 Å². The van der Waals surface area contributed by atoms with Gasteiger partial charge in [-0.1, -0.05) is 66.7 Å². The second kappa shape index (κ2) is 6.26. The van der Waals surface area contributed by atoms with Crippen LogP contribution in [0.2, 0.25) is 0 Å². The van der Waals surface area contributed by atoms with Gasteiger partial charge in [0, 0.05) is 22.2 Å². The Labute approximate surface area is 157 Å². The summed E-state index contributed by atoms with van der Waals surface area (Å²) in [5, 5.41) is 3.58. The summed E-state index contributed by atoms with van der Waals surface area (Å²) in [4.78, 5) is 4.88. The molecule has 0 saturated heterocycles. The molecule has 0 aliphatic carbocycles. The first-order valence-corrected chi connectivity index (χ1v) is 9.03. The summed E-state index contributed by atoms with van der Waals surface area (Å²) in [5.74, 6) is 0. The van der Waals surface area contributed by atoms with Crippen molar-refractivity contribution in [2.75, 3.05) is 5.73 Å². The van der Waals surface area contributed by atoms with Crippen molar-refractivity contribution in [2.24, 2.45) is 0 Å². The van der Waals surface area contributed by atoms with E-state index in [0.717, 1.165) is 39.0 Å². The average Bonchev–Trinajstić information content (AvgIpc) is 2.73. The quantitative estimate of drug-likeness (QED) is 0.381. The van der Waals surface area contributed by atoms with Gasteiger partial charge >= 0.3 is 0 Å². The van der Waals surface area contributed by atoms with E-state index in [1.165, 1.54) is 10.8 Å². The van der Waals surface area contributed by atoms with Gasteiger partial charge in [0.15, 0.2) is 0 Å². The lowest BCUT2D eigenvalue weighted by Gasteiger charge is -2.08. The van der Waals surface area contributed by atoms with Crippen molar-refractivity contribution < 1.29 is 0 Å². The zero-order valence-corrected chi connectivity index (χ0v) is 14.8. The third kappa shape index (κ3) is 2.81. The molecule has 2 nitrogen and oxygen atoms in total. The molecule has 2 N–H and O–H groups in total. The van der Waals surface area contributed by atoms with Crippen LogP contribution < -0.4 is 5.73 Å². The first kappa shape index (κ1) is 15.6. The molecule has 0 amide bonds. The van der Waals surface area contributed by atoms with Crippen LogP contribution in [0.4, 0.5) is 5.69 Å². The van der Waals surface area contributed by atoms with Gasteiger partial charge in [-0.2, -0.15) is 0 Å². The summed E-state index contributed by atoms with van der Waals surface area (Å²) in [6.07, 6.45) is 0. The molecule has 4 aromatic carbocycles. The van der Waals surface area contributed by atoms with Gasteiger partial charge in [-0.15, -0.1) is 0 Å². The Hall–Kier alpha value is -3.65. The van der Waals surface area contributed by atoms with Crippen LogP contribution in [-0.2, 0) is 0 Å². The van der Waals surface area contributed by atoms with Gasteiger partial charge in [-0.25, -0.2) is 4.98 Å². The third-order valence-corrected chi connectivity index (χ3v) is 5.01. The van der Waals surface area contributed by atoms with E-state index in [0.29, 0.717) is 0 Å². The molecule has 0 unspecified atom stereocenters. The van der Waals surface area contributed by atoms with Gasteiger partial charge in [-0.05, 0) is 46.7 Å². The summed E-state index contributed by atoms with van der Waals surface area (Å²) in [6.45, 7) is 0. The summed E-state index contributed by atoms with van der Waals surface area (Å²) in [6, 6.07) is 33.4. The van der Waals surface area contributed by atoms with Crippen LogP contribution in [0.5, 0.6) is 0 Å². The maximum Gasteiger partial charge on any atom is 0.0709 e. The van der Waals surface area contributed by atoms with Crippen molar-refractivity contribution in [3.8, 4) is 22.4 Å². The summed E-state index contributed by atoms with van der Waals surface area (Å²) in [7, 11) is 0. The van der Waals surface area contributed by atoms with Crippen LogP contribution in [0.15, 0.2) is 97.1 Å². The molecule has 0 spiro atoms. The van der Waals surface area contributed by atoms with Crippen LogP contribution in [0.3, 0.4) is 0 Å². The Morgan fingerprint density at radius 3 is 2.15 bits per heavy atom. The fraction of sp³-hybridized carbons (Fsp3) is 0. The second-order valence-electron chi connectivity index (χ2n) is 6.75. The third-order valence-electron chi connectivity index (χ3n) is 5.01. The number of fused-ring (bicyclic) bond motifs is 2. The molecule has 1 heterocycles. The van der Waals surface area contributed by atoms with Crippen LogP contribution >= 0.6 is 0 Å². The first-order chi connectivity index (χ1) is 13.3. The van der Waals surface area contributed by atoms with E-state index >= 15 is 0 Å². The molecular weight excluding hydrogens is 328 g/mol. The summed E-state index contributed by atoms with van der Waals surface area (Å²) in [5.41, 5.74) is 12.2. The fourth-order valence-electron chi connectivity index (χ4n) is 3.56. The number of hydrogen-bond donors (Lipinski definition) is 1. The van der Waals surface area contributed by atoms with Gasteiger partial charge in [0.25, 0.3) is 0 Å². The molecule has 0 aliphatic rings. The van der Waals surface area contributed by atoms with Crippen molar-refractivity contribution in [1.29, 1.82) is 0 Å². The number of hydrogen-bond acceptors (Lipinski definition) is 2. The van der Waals surface area contributed by atoms with E-state index in [-0.39, 0.29) is 0 Å². The maximum absolute atomic E-state index is 6.13. The minimum absolute atomic E-state index is 0.789. The van der Waals surface area contributed by atoms with Gasteiger partial charge < -0.3 is 5.73 Å². The van der Waals surface area contributed by atoms with Crippen LogP contribution in [-0.4, -0.2) is 4.98 Å². The van der Waals surface area contributed by atoms with Gasteiger partial charge in [0.2, 0.25) is 0 Å². The predicted molar refractivity (Wildman–Crippen MR) is 115 cm³/mol. The molecule has 5 aromatic rings. The van der Waals surface area contributed by atoms with E-state index in [1.807, 2.05) is 24.3 Å². The summed E-state index contributed by atoms with van der Waals surface area (Å²) < 4.78 is 0. The molecule has 128 valence electrons. The van der Waals surface area contributed by atoms with Crippen LogP contribution in [0, 0.1) is 0 Å². The molecule has 0 bridgehead atoms. The van der Waals surface area contributed by atoms with E-state index in [4.69, 9.17) is 10.7 Å². The van der Waals surface area contributed by atoms with Gasteiger partial charge in [0.05, 0.1) is 11.2 Å². The largest absolute Gasteiger partial charge is 0.398 e. The number of aromatic nitrogens is 1. The van der Waals surface area contributed by atoms with Crippen LogP contribution in [0.1, 0.15) is 0 Å². The van der Waals surface area contributed by atoms with Gasteiger partial charge in [0.1, 0.15) is 0 Å². The highest BCUT2D eigenvalue weighted by Crippen LogP contribution is 2.30. The normalized spacial score (nSPS) is 11.1. The second-order valence-corrected chi connectivity index (χ2v) is 6.75. The minimum Gasteiger partial charge on any atom is -0.398 e. The lowest BCUT2D eigenvalue weighted by molar-refractivity contribution is 1.40. The topological polar surface area (TPSA) is 38.9 Å². The number of rotatable bonds is 2. The number of para-hydroxylation sites is 1. The van der Waals surface area contributed by atoms with Crippen molar-refractivity contribution >= 4 is 27.4 Å². The lowest BCUT2D eigenvalue weighted by atomic mass is 10.0. The molecule has 0 aliphatic heterocycles. The highest BCUT2D eigenvalue weighted by atomic mass is 14.7.